The van der Waals surface area contributed by atoms with Gasteiger partial charge in [0, 0.05) is 25.3 Å². The summed E-state index contributed by atoms with van der Waals surface area (Å²) in [6.45, 7) is 3.30. The maximum absolute atomic E-state index is 10.9. The number of likely N-dealkylation sites (N-methyl/N-ethyl adjacent to an activating group) is 1. The van der Waals surface area contributed by atoms with Crippen molar-refractivity contribution in [3.8, 4) is 0 Å². The summed E-state index contributed by atoms with van der Waals surface area (Å²) in [5, 5.41) is 12.1. The fourth-order valence-electron chi connectivity index (χ4n) is 1.26. The van der Waals surface area contributed by atoms with Crippen LogP contribution in [-0.2, 0) is 6.54 Å². The van der Waals surface area contributed by atoms with E-state index < -0.39 is 5.97 Å². The standard InChI is InChI=1S/C11H18N4O2/c1-8(15(2)3)4-12-6-10-9(11(16)17)5-13-7-14-10/h5,7-8,12H,4,6H2,1-3H3,(H,16,17). The molecular formula is C11H18N4O2. The maximum atomic E-state index is 10.9. The van der Waals surface area contributed by atoms with E-state index in [2.05, 4.69) is 27.1 Å². The fraction of sp³-hybridized carbons (Fsp3) is 0.545. The number of aromatic nitrogens is 2. The molecule has 1 aromatic rings. The zero-order chi connectivity index (χ0) is 12.8. The van der Waals surface area contributed by atoms with Gasteiger partial charge in [0.25, 0.3) is 0 Å². The van der Waals surface area contributed by atoms with Gasteiger partial charge in [-0.2, -0.15) is 0 Å². The van der Waals surface area contributed by atoms with Crippen LogP contribution in [-0.4, -0.2) is 52.6 Å². The Balaban J connectivity index is 2.55. The van der Waals surface area contributed by atoms with Crippen molar-refractivity contribution < 1.29 is 9.90 Å². The number of carbonyl (C=O) groups is 1. The van der Waals surface area contributed by atoms with Gasteiger partial charge in [0.05, 0.1) is 5.69 Å². The van der Waals surface area contributed by atoms with E-state index in [1.807, 2.05) is 14.1 Å². The van der Waals surface area contributed by atoms with Crippen LogP contribution in [0.2, 0.25) is 0 Å². The Bertz CT molecular complexity index is 381. The topological polar surface area (TPSA) is 78.3 Å². The molecule has 0 radical (unpaired) electrons. The molecule has 0 fully saturated rings. The Hall–Kier alpha value is -1.53. The first-order chi connectivity index (χ1) is 8.02. The minimum absolute atomic E-state index is 0.150. The molecule has 0 saturated carbocycles. The molecule has 1 rings (SSSR count). The van der Waals surface area contributed by atoms with Crippen LogP contribution in [0.3, 0.4) is 0 Å². The van der Waals surface area contributed by atoms with Gasteiger partial charge in [-0.1, -0.05) is 0 Å². The minimum Gasteiger partial charge on any atom is -0.478 e. The van der Waals surface area contributed by atoms with E-state index in [4.69, 9.17) is 5.11 Å². The third-order valence-corrected chi connectivity index (χ3v) is 2.64. The number of nitrogens with zero attached hydrogens (tertiary/aromatic N) is 3. The lowest BCUT2D eigenvalue weighted by Gasteiger charge is -2.20. The summed E-state index contributed by atoms with van der Waals surface area (Å²) >= 11 is 0. The number of carboxylic acid groups (broad SMARTS) is 1. The number of nitrogens with one attached hydrogen (secondary N) is 1. The van der Waals surface area contributed by atoms with Crippen LogP contribution in [0, 0.1) is 0 Å². The molecule has 0 saturated heterocycles. The summed E-state index contributed by atoms with van der Waals surface area (Å²) in [6.07, 6.45) is 2.68. The van der Waals surface area contributed by atoms with Crippen molar-refractivity contribution in [3.63, 3.8) is 0 Å². The normalized spacial score (nSPS) is 12.7. The molecule has 1 heterocycles. The number of aromatic carboxylic acids is 1. The summed E-state index contributed by atoms with van der Waals surface area (Å²) in [4.78, 5) is 20.7. The highest BCUT2D eigenvalue weighted by Gasteiger charge is 2.11. The Morgan fingerprint density at radius 3 is 2.88 bits per heavy atom. The van der Waals surface area contributed by atoms with Gasteiger partial charge < -0.3 is 15.3 Å². The highest BCUT2D eigenvalue weighted by atomic mass is 16.4. The number of hydrogen-bond donors (Lipinski definition) is 2. The highest BCUT2D eigenvalue weighted by Crippen LogP contribution is 2.03. The molecule has 6 heteroatoms. The summed E-state index contributed by atoms with van der Waals surface area (Å²) in [6, 6.07) is 0.380. The van der Waals surface area contributed by atoms with Crippen LogP contribution in [0.4, 0.5) is 0 Å². The molecule has 17 heavy (non-hydrogen) atoms. The molecule has 1 unspecified atom stereocenters. The first-order valence-electron chi connectivity index (χ1n) is 5.41. The molecule has 0 aromatic carbocycles. The third-order valence-electron chi connectivity index (χ3n) is 2.64. The summed E-state index contributed by atoms with van der Waals surface area (Å²) in [5.74, 6) is -0.997. The largest absolute Gasteiger partial charge is 0.478 e. The molecule has 0 aliphatic carbocycles. The molecule has 2 N–H and O–H groups in total. The Morgan fingerprint density at radius 2 is 2.29 bits per heavy atom. The highest BCUT2D eigenvalue weighted by molar-refractivity contribution is 5.88. The molecule has 0 amide bonds. The molecule has 0 aliphatic heterocycles. The van der Waals surface area contributed by atoms with Gasteiger partial charge in [0.15, 0.2) is 0 Å². The van der Waals surface area contributed by atoms with Crippen LogP contribution in [0.1, 0.15) is 23.0 Å². The van der Waals surface area contributed by atoms with Gasteiger partial charge >= 0.3 is 5.97 Å². The van der Waals surface area contributed by atoms with E-state index in [-0.39, 0.29) is 5.56 Å². The van der Waals surface area contributed by atoms with Crippen molar-refractivity contribution in [1.82, 2.24) is 20.2 Å². The second-order valence-corrected chi connectivity index (χ2v) is 4.13. The quantitative estimate of drug-likeness (QED) is 0.738. The molecule has 1 atom stereocenters. The second kappa shape index (κ2) is 6.27. The lowest BCUT2D eigenvalue weighted by molar-refractivity contribution is 0.0694. The molecule has 0 spiro atoms. The summed E-state index contributed by atoms with van der Waals surface area (Å²) in [7, 11) is 4.00. The van der Waals surface area contributed by atoms with Crippen LogP contribution in [0.15, 0.2) is 12.5 Å². The summed E-state index contributed by atoms with van der Waals surface area (Å²) < 4.78 is 0. The van der Waals surface area contributed by atoms with E-state index in [0.29, 0.717) is 18.3 Å². The van der Waals surface area contributed by atoms with E-state index >= 15 is 0 Å². The molecule has 6 nitrogen and oxygen atoms in total. The maximum Gasteiger partial charge on any atom is 0.339 e. The molecule has 0 aliphatic rings. The van der Waals surface area contributed by atoms with Crippen molar-refractivity contribution in [2.24, 2.45) is 0 Å². The molecule has 94 valence electrons. The average molecular weight is 238 g/mol. The van der Waals surface area contributed by atoms with Crippen molar-refractivity contribution in [2.75, 3.05) is 20.6 Å². The Kier molecular flexibility index (Phi) is 4.99. The van der Waals surface area contributed by atoms with Crippen molar-refractivity contribution in [1.29, 1.82) is 0 Å². The van der Waals surface area contributed by atoms with E-state index in [0.717, 1.165) is 6.54 Å². The van der Waals surface area contributed by atoms with Crippen LogP contribution >= 0.6 is 0 Å². The number of carboxylic acids is 1. The predicted molar refractivity (Wildman–Crippen MR) is 63.8 cm³/mol. The molecular weight excluding hydrogens is 220 g/mol. The van der Waals surface area contributed by atoms with E-state index in [1.54, 1.807) is 0 Å². The van der Waals surface area contributed by atoms with Gasteiger partial charge in [-0.15, -0.1) is 0 Å². The first-order valence-corrected chi connectivity index (χ1v) is 5.41. The van der Waals surface area contributed by atoms with Crippen LogP contribution in [0.25, 0.3) is 0 Å². The van der Waals surface area contributed by atoms with E-state index in [9.17, 15) is 4.79 Å². The number of hydrogen-bond acceptors (Lipinski definition) is 5. The Morgan fingerprint density at radius 1 is 1.59 bits per heavy atom. The number of rotatable bonds is 6. The lowest BCUT2D eigenvalue weighted by atomic mass is 10.2. The predicted octanol–water partition coefficient (Wildman–Crippen LogP) is 0.215. The SMILES string of the molecule is CC(CNCc1ncncc1C(=O)O)N(C)C. The fourth-order valence-corrected chi connectivity index (χ4v) is 1.26. The second-order valence-electron chi connectivity index (χ2n) is 4.13. The van der Waals surface area contributed by atoms with Crippen LogP contribution < -0.4 is 5.32 Å². The van der Waals surface area contributed by atoms with Gasteiger partial charge in [-0.25, -0.2) is 14.8 Å². The zero-order valence-electron chi connectivity index (χ0n) is 10.3. The van der Waals surface area contributed by atoms with Gasteiger partial charge in [0.2, 0.25) is 0 Å². The molecule has 0 bridgehead atoms. The summed E-state index contributed by atoms with van der Waals surface area (Å²) in [5.41, 5.74) is 0.663. The van der Waals surface area contributed by atoms with Gasteiger partial charge in [-0.3, -0.25) is 0 Å². The van der Waals surface area contributed by atoms with Crippen molar-refractivity contribution in [3.05, 3.63) is 23.8 Å². The van der Waals surface area contributed by atoms with Crippen molar-refractivity contribution >= 4 is 5.97 Å². The van der Waals surface area contributed by atoms with E-state index in [1.165, 1.54) is 12.5 Å². The minimum atomic E-state index is -0.997. The monoisotopic (exact) mass is 238 g/mol. The van der Waals surface area contributed by atoms with Crippen molar-refractivity contribution in [2.45, 2.75) is 19.5 Å². The van der Waals surface area contributed by atoms with Crippen LogP contribution in [0.5, 0.6) is 0 Å². The average Bonchev–Trinajstić information content (AvgIpc) is 2.29. The zero-order valence-corrected chi connectivity index (χ0v) is 10.3. The first kappa shape index (κ1) is 13.5. The molecule has 1 aromatic heterocycles. The Labute approximate surface area is 101 Å². The smallest absolute Gasteiger partial charge is 0.339 e. The van der Waals surface area contributed by atoms with Gasteiger partial charge in [0.1, 0.15) is 11.9 Å². The third kappa shape index (κ3) is 4.08. The van der Waals surface area contributed by atoms with Gasteiger partial charge in [-0.05, 0) is 21.0 Å². The lowest BCUT2D eigenvalue weighted by Crippen LogP contribution is -2.35.